The minimum atomic E-state index is -1.89. The molecule has 1 fully saturated rings. The number of ether oxygens (including phenoxy) is 1. The van der Waals surface area contributed by atoms with Crippen molar-refractivity contribution in [2.45, 2.75) is 24.7 Å². The number of amides is 2. The SMILES string of the molecule is O=C(O)NCC1CNC1C1C=C(F)C=CC1(F)CCNC(=O)OCc1ccccc1. The van der Waals surface area contributed by atoms with Crippen LogP contribution in [0.15, 0.2) is 54.4 Å². The van der Waals surface area contributed by atoms with E-state index in [2.05, 4.69) is 16.0 Å². The van der Waals surface area contributed by atoms with Crippen LogP contribution in [-0.2, 0) is 11.3 Å². The maximum atomic E-state index is 15.7. The molecule has 2 amide bonds. The number of alkyl halides is 1. The van der Waals surface area contributed by atoms with Crippen molar-refractivity contribution >= 4 is 12.2 Å². The normalized spacial score (nSPS) is 27.5. The Morgan fingerprint density at radius 3 is 2.70 bits per heavy atom. The van der Waals surface area contributed by atoms with Gasteiger partial charge in [-0.1, -0.05) is 30.3 Å². The summed E-state index contributed by atoms with van der Waals surface area (Å²) in [5, 5.41) is 16.7. The Hall–Kier alpha value is -2.94. The van der Waals surface area contributed by atoms with Crippen LogP contribution in [0, 0.1) is 11.8 Å². The van der Waals surface area contributed by atoms with E-state index in [-0.39, 0.29) is 32.0 Å². The molecule has 0 saturated carbocycles. The summed E-state index contributed by atoms with van der Waals surface area (Å²) in [6.45, 7) is 0.781. The fraction of sp³-hybridized carbons (Fsp3) is 0.429. The minimum absolute atomic E-state index is 0.00514. The number of halogens is 2. The molecular weight excluding hydrogens is 396 g/mol. The van der Waals surface area contributed by atoms with E-state index in [1.54, 1.807) is 0 Å². The molecule has 3 rings (SSSR count). The fourth-order valence-corrected chi connectivity index (χ4v) is 3.74. The van der Waals surface area contributed by atoms with Crippen LogP contribution in [0.25, 0.3) is 0 Å². The summed E-state index contributed by atoms with van der Waals surface area (Å²) in [4.78, 5) is 22.6. The predicted octanol–water partition coefficient (Wildman–Crippen LogP) is 2.91. The molecule has 2 aliphatic rings. The van der Waals surface area contributed by atoms with Crippen molar-refractivity contribution in [3.8, 4) is 0 Å². The van der Waals surface area contributed by atoms with Gasteiger partial charge >= 0.3 is 12.2 Å². The smallest absolute Gasteiger partial charge is 0.407 e. The van der Waals surface area contributed by atoms with Crippen LogP contribution in [0.2, 0.25) is 0 Å². The van der Waals surface area contributed by atoms with Crippen LogP contribution >= 0.6 is 0 Å². The minimum Gasteiger partial charge on any atom is -0.465 e. The Kier molecular flexibility index (Phi) is 7.04. The summed E-state index contributed by atoms with van der Waals surface area (Å²) in [5.74, 6) is -1.51. The number of hydrogen-bond acceptors (Lipinski definition) is 4. The molecule has 7 nitrogen and oxygen atoms in total. The van der Waals surface area contributed by atoms with Crippen molar-refractivity contribution in [2.75, 3.05) is 19.6 Å². The predicted molar refractivity (Wildman–Crippen MR) is 106 cm³/mol. The highest BCUT2D eigenvalue weighted by atomic mass is 19.1. The van der Waals surface area contributed by atoms with Gasteiger partial charge in [0.1, 0.15) is 18.1 Å². The van der Waals surface area contributed by atoms with Gasteiger partial charge in [-0.15, -0.1) is 0 Å². The highest BCUT2D eigenvalue weighted by Gasteiger charge is 2.47. The first-order chi connectivity index (χ1) is 14.4. The molecule has 4 atom stereocenters. The summed E-state index contributed by atoms with van der Waals surface area (Å²) in [6, 6.07) is 8.75. The van der Waals surface area contributed by atoms with E-state index in [0.717, 1.165) is 11.6 Å². The quantitative estimate of drug-likeness (QED) is 0.517. The second kappa shape index (κ2) is 9.71. The molecule has 4 N–H and O–H groups in total. The zero-order valence-electron chi connectivity index (χ0n) is 16.3. The van der Waals surface area contributed by atoms with Crippen LogP contribution < -0.4 is 16.0 Å². The van der Waals surface area contributed by atoms with Crippen molar-refractivity contribution in [3.63, 3.8) is 0 Å². The molecule has 1 aromatic rings. The number of nitrogens with one attached hydrogen (secondary N) is 3. The first-order valence-electron chi connectivity index (χ1n) is 9.77. The summed E-state index contributed by atoms with van der Waals surface area (Å²) in [5.41, 5.74) is -1.05. The van der Waals surface area contributed by atoms with Crippen LogP contribution in [0.3, 0.4) is 0 Å². The average Bonchev–Trinajstić information content (AvgIpc) is 2.69. The van der Waals surface area contributed by atoms with E-state index in [1.807, 2.05) is 30.3 Å². The molecule has 162 valence electrons. The molecule has 1 aliphatic carbocycles. The largest absolute Gasteiger partial charge is 0.465 e. The van der Waals surface area contributed by atoms with Gasteiger partial charge in [-0.3, -0.25) is 0 Å². The van der Waals surface area contributed by atoms with Crippen LogP contribution in [0.4, 0.5) is 18.4 Å². The average molecular weight is 421 g/mol. The van der Waals surface area contributed by atoms with E-state index in [4.69, 9.17) is 9.84 Å². The second-order valence-electron chi connectivity index (χ2n) is 7.46. The lowest BCUT2D eigenvalue weighted by Gasteiger charge is -2.47. The van der Waals surface area contributed by atoms with E-state index < -0.39 is 35.6 Å². The van der Waals surface area contributed by atoms with E-state index >= 15 is 4.39 Å². The summed E-state index contributed by atoms with van der Waals surface area (Å²) >= 11 is 0. The fourth-order valence-electron chi connectivity index (χ4n) is 3.74. The number of benzene rings is 1. The molecule has 1 heterocycles. The molecule has 1 aliphatic heterocycles. The van der Waals surface area contributed by atoms with Gasteiger partial charge < -0.3 is 25.8 Å². The monoisotopic (exact) mass is 421 g/mol. The zero-order valence-corrected chi connectivity index (χ0v) is 16.3. The Morgan fingerprint density at radius 1 is 1.27 bits per heavy atom. The number of carbonyl (C=O) groups is 2. The molecule has 0 radical (unpaired) electrons. The molecule has 1 aromatic carbocycles. The molecular formula is C21H25F2N3O4. The third kappa shape index (κ3) is 5.56. The van der Waals surface area contributed by atoms with Crippen molar-refractivity contribution in [2.24, 2.45) is 11.8 Å². The number of carboxylic acid groups (broad SMARTS) is 1. The molecule has 9 heteroatoms. The Balaban J connectivity index is 1.52. The highest BCUT2D eigenvalue weighted by molar-refractivity contribution is 5.67. The Labute approximate surface area is 173 Å². The number of carbonyl (C=O) groups excluding carboxylic acids is 1. The third-order valence-corrected chi connectivity index (χ3v) is 5.43. The topological polar surface area (TPSA) is 99.7 Å². The Bertz CT molecular complexity index is 818. The Morgan fingerprint density at radius 2 is 2.03 bits per heavy atom. The molecule has 1 saturated heterocycles. The first kappa shape index (κ1) is 21.8. The van der Waals surface area contributed by atoms with E-state index in [1.165, 1.54) is 12.2 Å². The first-order valence-corrected chi connectivity index (χ1v) is 9.77. The number of alkyl carbamates (subject to hydrolysis) is 1. The molecule has 0 bridgehead atoms. The van der Waals surface area contributed by atoms with Crippen LogP contribution in [-0.4, -0.2) is 48.6 Å². The standard InChI is InChI=1S/C21H25F2N3O4/c22-16-6-7-21(23,17(10-16)18-15(11-25-18)12-26-19(27)28)8-9-24-20(29)30-13-14-4-2-1-3-5-14/h1-7,10,15,17-18,25-26H,8-9,11-13H2,(H,24,29)(H,27,28). The van der Waals surface area contributed by atoms with Gasteiger partial charge in [0.05, 0.1) is 0 Å². The lowest BCUT2D eigenvalue weighted by Crippen LogP contribution is -2.63. The van der Waals surface area contributed by atoms with Gasteiger partial charge in [-0.05, 0) is 23.8 Å². The number of hydrogen-bond donors (Lipinski definition) is 4. The van der Waals surface area contributed by atoms with Crippen molar-refractivity contribution < 1.29 is 28.2 Å². The van der Waals surface area contributed by atoms with Gasteiger partial charge in [0.2, 0.25) is 0 Å². The van der Waals surface area contributed by atoms with Gasteiger partial charge in [0.25, 0.3) is 0 Å². The molecule has 30 heavy (non-hydrogen) atoms. The maximum Gasteiger partial charge on any atom is 0.407 e. The van der Waals surface area contributed by atoms with E-state index in [9.17, 15) is 14.0 Å². The van der Waals surface area contributed by atoms with Crippen LogP contribution in [0.5, 0.6) is 0 Å². The lowest BCUT2D eigenvalue weighted by atomic mass is 9.71. The molecule has 4 unspecified atom stereocenters. The van der Waals surface area contributed by atoms with Crippen molar-refractivity contribution in [1.82, 2.24) is 16.0 Å². The van der Waals surface area contributed by atoms with Crippen molar-refractivity contribution in [1.29, 1.82) is 0 Å². The maximum absolute atomic E-state index is 15.7. The molecule has 0 spiro atoms. The van der Waals surface area contributed by atoms with Crippen LogP contribution in [0.1, 0.15) is 12.0 Å². The summed E-state index contributed by atoms with van der Waals surface area (Å²) in [7, 11) is 0. The van der Waals surface area contributed by atoms with Gasteiger partial charge in [0.15, 0.2) is 0 Å². The highest BCUT2D eigenvalue weighted by Crippen LogP contribution is 2.40. The van der Waals surface area contributed by atoms with E-state index in [0.29, 0.717) is 6.54 Å². The molecule has 0 aromatic heterocycles. The number of allylic oxidation sites excluding steroid dienone is 3. The zero-order chi connectivity index (χ0) is 21.6. The lowest BCUT2D eigenvalue weighted by molar-refractivity contribution is 0.0629. The van der Waals surface area contributed by atoms with Gasteiger partial charge in [-0.2, -0.15) is 0 Å². The second-order valence-corrected chi connectivity index (χ2v) is 7.46. The summed E-state index contributed by atoms with van der Waals surface area (Å²) < 4.78 is 34.6. The van der Waals surface area contributed by atoms with Crippen molar-refractivity contribution in [3.05, 3.63) is 60.0 Å². The van der Waals surface area contributed by atoms with Gasteiger partial charge in [0, 0.05) is 43.9 Å². The summed E-state index contributed by atoms with van der Waals surface area (Å²) in [6.07, 6.45) is 1.58. The number of rotatable bonds is 8. The van der Waals surface area contributed by atoms with Gasteiger partial charge in [-0.25, -0.2) is 18.4 Å². The third-order valence-electron chi connectivity index (χ3n) is 5.43.